The quantitative estimate of drug-likeness (QED) is 0.815. The van der Waals surface area contributed by atoms with E-state index in [-0.39, 0.29) is 5.41 Å². The van der Waals surface area contributed by atoms with E-state index in [1.54, 1.807) is 7.11 Å². The van der Waals surface area contributed by atoms with Crippen LogP contribution in [-0.4, -0.2) is 65.4 Å². The van der Waals surface area contributed by atoms with Gasteiger partial charge >= 0.3 is 0 Å². The van der Waals surface area contributed by atoms with Crippen molar-refractivity contribution in [3.05, 3.63) is 17.0 Å². The third kappa shape index (κ3) is 3.90. The van der Waals surface area contributed by atoms with Gasteiger partial charge in [-0.1, -0.05) is 0 Å². The van der Waals surface area contributed by atoms with Crippen molar-refractivity contribution in [1.82, 2.24) is 19.6 Å². The molecule has 2 aliphatic heterocycles. The van der Waals surface area contributed by atoms with Crippen LogP contribution < -0.4 is 0 Å². The molecule has 3 rings (SSSR count). The second-order valence-corrected chi connectivity index (χ2v) is 7.90. The van der Waals surface area contributed by atoms with Crippen LogP contribution in [0.5, 0.6) is 0 Å². The fraction of sp³-hybridized carbons (Fsp3) is 0.789. The lowest BCUT2D eigenvalue weighted by Crippen LogP contribution is -2.54. The molecule has 1 aromatic rings. The maximum Gasteiger partial charge on any atom is 0.222 e. The molecule has 1 amide bonds. The van der Waals surface area contributed by atoms with Crippen LogP contribution in [-0.2, 0) is 23.1 Å². The molecule has 2 fully saturated rings. The zero-order valence-electron chi connectivity index (χ0n) is 16.2. The lowest BCUT2D eigenvalue weighted by molar-refractivity contribution is -0.140. The molecule has 3 heterocycles. The monoisotopic (exact) mass is 348 g/mol. The molecule has 0 saturated carbocycles. The van der Waals surface area contributed by atoms with Gasteiger partial charge in [0.15, 0.2) is 0 Å². The third-order valence-corrected chi connectivity index (χ3v) is 6.09. The highest BCUT2D eigenvalue weighted by molar-refractivity contribution is 5.77. The first-order chi connectivity index (χ1) is 11.9. The van der Waals surface area contributed by atoms with E-state index in [0.717, 1.165) is 44.8 Å². The topological polar surface area (TPSA) is 50.6 Å². The summed E-state index contributed by atoms with van der Waals surface area (Å²) in [6.45, 7) is 9.68. The summed E-state index contributed by atoms with van der Waals surface area (Å²) in [5.74, 6) is 0.291. The van der Waals surface area contributed by atoms with Crippen LogP contribution in [0.2, 0.25) is 0 Å². The normalized spacial score (nSPS) is 25.1. The van der Waals surface area contributed by atoms with E-state index < -0.39 is 0 Å². The number of hydrogen-bond donors (Lipinski definition) is 0. The Morgan fingerprint density at radius 1 is 1.24 bits per heavy atom. The van der Waals surface area contributed by atoms with Crippen molar-refractivity contribution in [2.45, 2.75) is 46.1 Å². The SMILES string of the molecule is COCCN1C[C@]2(CCCN(Cc3c(C)nn(C)c3C)C2)CCC1=O. The molecule has 0 aliphatic carbocycles. The van der Waals surface area contributed by atoms with Crippen molar-refractivity contribution in [3.8, 4) is 0 Å². The first-order valence-corrected chi connectivity index (χ1v) is 9.42. The van der Waals surface area contributed by atoms with Gasteiger partial charge < -0.3 is 9.64 Å². The van der Waals surface area contributed by atoms with Crippen molar-refractivity contribution < 1.29 is 9.53 Å². The number of hydrogen-bond acceptors (Lipinski definition) is 4. The number of amides is 1. The Kier molecular flexibility index (Phi) is 5.49. The maximum absolute atomic E-state index is 12.2. The van der Waals surface area contributed by atoms with Gasteiger partial charge in [-0.25, -0.2) is 0 Å². The molecule has 0 unspecified atom stereocenters. The summed E-state index contributed by atoms with van der Waals surface area (Å²) in [7, 11) is 3.72. The third-order valence-electron chi connectivity index (χ3n) is 6.09. The highest BCUT2D eigenvalue weighted by Gasteiger charge is 2.41. The number of aromatic nitrogens is 2. The number of likely N-dealkylation sites (tertiary alicyclic amines) is 2. The fourth-order valence-electron chi connectivity index (χ4n) is 4.56. The maximum atomic E-state index is 12.2. The van der Waals surface area contributed by atoms with E-state index >= 15 is 0 Å². The van der Waals surface area contributed by atoms with Crippen LogP contribution in [0.15, 0.2) is 0 Å². The first kappa shape index (κ1) is 18.4. The minimum atomic E-state index is 0.254. The number of carbonyl (C=O) groups is 1. The highest BCUT2D eigenvalue weighted by atomic mass is 16.5. The van der Waals surface area contributed by atoms with Crippen molar-refractivity contribution >= 4 is 5.91 Å². The Hall–Kier alpha value is -1.40. The molecule has 2 aliphatic rings. The zero-order valence-corrected chi connectivity index (χ0v) is 16.2. The fourth-order valence-corrected chi connectivity index (χ4v) is 4.56. The van der Waals surface area contributed by atoms with E-state index in [9.17, 15) is 4.79 Å². The van der Waals surface area contributed by atoms with Crippen molar-refractivity contribution in [3.63, 3.8) is 0 Å². The number of nitrogens with zero attached hydrogens (tertiary/aromatic N) is 4. The largest absolute Gasteiger partial charge is 0.383 e. The number of aryl methyl sites for hydroxylation is 2. The van der Waals surface area contributed by atoms with Gasteiger partial charge in [0.1, 0.15) is 0 Å². The molecule has 1 atom stereocenters. The second-order valence-electron chi connectivity index (χ2n) is 7.90. The Labute approximate surface area is 151 Å². The summed E-state index contributed by atoms with van der Waals surface area (Å²) in [4.78, 5) is 16.8. The number of methoxy groups -OCH3 is 1. The lowest BCUT2D eigenvalue weighted by Gasteiger charge is -2.48. The highest BCUT2D eigenvalue weighted by Crippen LogP contribution is 2.39. The van der Waals surface area contributed by atoms with Crippen molar-refractivity contribution in [2.24, 2.45) is 12.5 Å². The van der Waals surface area contributed by atoms with Gasteiger partial charge in [-0.05, 0) is 39.7 Å². The standard InChI is InChI=1S/C19H32N4O2/c1-15-17(16(2)21(3)20-15)12-22-9-5-7-19(13-22)8-6-18(24)23(14-19)10-11-25-4/h5-14H2,1-4H3/t19-/m1/s1. The minimum Gasteiger partial charge on any atom is -0.383 e. The van der Waals surface area contributed by atoms with Crippen molar-refractivity contribution in [2.75, 3.05) is 39.9 Å². The molecule has 2 saturated heterocycles. The molecule has 1 spiro atoms. The molecule has 0 radical (unpaired) electrons. The molecule has 1 aromatic heterocycles. The molecule has 140 valence electrons. The number of piperidine rings is 2. The van der Waals surface area contributed by atoms with Crippen LogP contribution in [0, 0.1) is 19.3 Å². The molecule has 25 heavy (non-hydrogen) atoms. The van der Waals surface area contributed by atoms with Gasteiger partial charge in [-0.15, -0.1) is 0 Å². The number of ether oxygens (including phenoxy) is 1. The van der Waals surface area contributed by atoms with Crippen LogP contribution in [0.25, 0.3) is 0 Å². The molecule has 0 aromatic carbocycles. The van der Waals surface area contributed by atoms with E-state index in [4.69, 9.17) is 4.74 Å². The average molecular weight is 348 g/mol. The lowest BCUT2D eigenvalue weighted by atomic mass is 9.73. The summed E-state index contributed by atoms with van der Waals surface area (Å²) in [6, 6.07) is 0. The van der Waals surface area contributed by atoms with Gasteiger partial charge in [0, 0.05) is 63.4 Å². The van der Waals surface area contributed by atoms with Gasteiger partial charge in [-0.3, -0.25) is 14.4 Å². The van der Waals surface area contributed by atoms with Crippen LogP contribution >= 0.6 is 0 Å². The van der Waals surface area contributed by atoms with E-state index in [1.807, 2.05) is 16.6 Å². The van der Waals surface area contributed by atoms with Gasteiger partial charge in [0.25, 0.3) is 0 Å². The molecule has 6 nitrogen and oxygen atoms in total. The summed E-state index contributed by atoms with van der Waals surface area (Å²) < 4.78 is 7.17. The number of carbonyl (C=O) groups excluding carboxylic acids is 1. The van der Waals surface area contributed by atoms with Crippen LogP contribution in [0.3, 0.4) is 0 Å². The summed E-state index contributed by atoms with van der Waals surface area (Å²) >= 11 is 0. The first-order valence-electron chi connectivity index (χ1n) is 9.42. The summed E-state index contributed by atoms with van der Waals surface area (Å²) in [5.41, 5.74) is 4.02. The molecule has 6 heteroatoms. The minimum absolute atomic E-state index is 0.254. The van der Waals surface area contributed by atoms with Gasteiger partial charge in [-0.2, -0.15) is 5.10 Å². The molecular formula is C19H32N4O2. The smallest absolute Gasteiger partial charge is 0.222 e. The van der Waals surface area contributed by atoms with Crippen LogP contribution in [0.4, 0.5) is 0 Å². The zero-order chi connectivity index (χ0) is 18.0. The predicted molar refractivity (Wildman–Crippen MR) is 97.3 cm³/mol. The summed E-state index contributed by atoms with van der Waals surface area (Å²) in [6.07, 6.45) is 4.15. The second kappa shape index (κ2) is 7.46. The Balaban J connectivity index is 1.68. The van der Waals surface area contributed by atoms with Crippen LogP contribution in [0.1, 0.15) is 42.6 Å². The van der Waals surface area contributed by atoms with Gasteiger partial charge in [0.2, 0.25) is 5.91 Å². The Bertz CT molecular complexity index is 627. The predicted octanol–water partition coefficient (Wildman–Crippen LogP) is 1.89. The van der Waals surface area contributed by atoms with E-state index in [1.165, 1.54) is 24.1 Å². The Morgan fingerprint density at radius 3 is 2.72 bits per heavy atom. The van der Waals surface area contributed by atoms with Gasteiger partial charge in [0.05, 0.1) is 12.3 Å². The summed E-state index contributed by atoms with van der Waals surface area (Å²) in [5, 5.41) is 4.56. The van der Waals surface area contributed by atoms with E-state index in [0.29, 0.717) is 18.9 Å². The molecular weight excluding hydrogens is 316 g/mol. The van der Waals surface area contributed by atoms with E-state index in [2.05, 4.69) is 23.8 Å². The molecule has 0 bridgehead atoms. The average Bonchev–Trinajstić information content (AvgIpc) is 2.82. The van der Waals surface area contributed by atoms with Crippen molar-refractivity contribution in [1.29, 1.82) is 0 Å². The Morgan fingerprint density at radius 2 is 2.04 bits per heavy atom. The molecule has 0 N–H and O–H groups in total. The number of rotatable bonds is 5.